The molecule has 1 nitrogen and oxygen atoms in total. The summed E-state index contributed by atoms with van der Waals surface area (Å²) < 4.78 is 27.1. The van der Waals surface area contributed by atoms with Crippen LogP contribution in [-0.2, 0) is 12.8 Å². The van der Waals surface area contributed by atoms with Crippen LogP contribution in [0, 0.1) is 11.6 Å². The average Bonchev–Trinajstić information content (AvgIpc) is 2.36. The molecule has 0 saturated carbocycles. The van der Waals surface area contributed by atoms with E-state index in [0.29, 0.717) is 18.4 Å². The summed E-state index contributed by atoms with van der Waals surface area (Å²) in [5.74, 6) is -0.739. The molecule has 0 amide bonds. The summed E-state index contributed by atoms with van der Waals surface area (Å²) in [5.41, 5.74) is 6.86. The molecule has 0 spiro atoms. The molecule has 0 saturated heterocycles. The Morgan fingerprint density at radius 2 is 1.75 bits per heavy atom. The number of hydrogen-bond donors (Lipinski definition) is 1. The number of hydrogen-bond acceptors (Lipinski definition) is 1. The topological polar surface area (TPSA) is 26.0 Å². The SMILES string of the molecule is CC(N)(Cc1ccc(Cl)c(F)c1)Cc1ccccc1F. The lowest BCUT2D eigenvalue weighted by Gasteiger charge is -2.25. The molecule has 0 radical (unpaired) electrons. The summed E-state index contributed by atoms with van der Waals surface area (Å²) >= 11 is 5.65. The van der Waals surface area contributed by atoms with Crippen molar-refractivity contribution in [3.05, 3.63) is 70.2 Å². The van der Waals surface area contributed by atoms with E-state index in [1.165, 1.54) is 18.2 Å². The number of rotatable bonds is 4. The summed E-state index contributed by atoms with van der Waals surface area (Å²) in [7, 11) is 0. The molecule has 2 N–H and O–H groups in total. The zero-order chi connectivity index (χ0) is 14.8. The minimum atomic E-state index is -0.664. The van der Waals surface area contributed by atoms with Crippen molar-refractivity contribution in [3.63, 3.8) is 0 Å². The van der Waals surface area contributed by atoms with Crippen molar-refractivity contribution in [1.82, 2.24) is 0 Å². The lowest BCUT2D eigenvalue weighted by molar-refractivity contribution is 0.450. The van der Waals surface area contributed by atoms with Crippen LogP contribution < -0.4 is 5.73 Å². The van der Waals surface area contributed by atoms with E-state index >= 15 is 0 Å². The fourth-order valence-electron chi connectivity index (χ4n) is 2.26. The fourth-order valence-corrected chi connectivity index (χ4v) is 2.37. The van der Waals surface area contributed by atoms with Gasteiger partial charge < -0.3 is 5.73 Å². The van der Waals surface area contributed by atoms with Crippen LogP contribution in [0.3, 0.4) is 0 Å². The quantitative estimate of drug-likeness (QED) is 0.902. The van der Waals surface area contributed by atoms with E-state index in [9.17, 15) is 8.78 Å². The Bertz CT molecular complexity index is 611. The maximum Gasteiger partial charge on any atom is 0.142 e. The molecule has 0 bridgehead atoms. The molecule has 4 heteroatoms. The Kier molecular flexibility index (Phi) is 4.41. The first-order valence-electron chi connectivity index (χ1n) is 6.34. The summed E-state index contributed by atoms with van der Waals surface area (Å²) in [4.78, 5) is 0. The zero-order valence-electron chi connectivity index (χ0n) is 11.2. The Hall–Kier alpha value is -1.45. The second-order valence-corrected chi connectivity index (χ2v) is 5.75. The molecular formula is C16H16ClF2N. The van der Waals surface area contributed by atoms with Crippen molar-refractivity contribution in [2.75, 3.05) is 0 Å². The average molecular weight is 296 g/mol. The van der Waals surface area contributed by atoms with Crippen LogP contribution in [0.1, 0.15) is 18.1 Å². The lowest BCUT2D eigenvalue weighted by atomic mass is 9.87. The van der Waals surface area contributed by atoms with E-state index in [1.54, 1.807) is 24.3 Å². The molecule has 1 unspecified atom stereocenters. The number of benzene rings is 2. The Labute approximate surface area is 122 Å². The Balaban J connectivity index is 2.14. The van der Waals surface area contributed by atoms with Gasteiger partial charge in [0.25, 0.3) is 0 Å². The van der Waals surface area contributed by atoms with Gasteiger partial charge in [0.2, 0.25) is 0 Å². The largest absolute Gasteiger partial charge is 0.325 e. The van der Waals surface area contributed by atoms with Crippen LogP contribution in [-0.4, -0.2) is 5.54 Å². The standard InChI is InChI=1S/C16H16ClF2N/c1-16(20,10-12-4-2-3-5-14(12)18)9-11-6-7-13(17)15(19)8-11/h2-8H,9-10,20H2,1H3. The molecule has 106 valence electrons. The van der Waals surface area contributed by atoms with Crippen LogP contribution in [0.25, 0.3) is 0 Å². The highest BCUT2D eigenvalue weighted by molar-refractivity contribution is 6.30. The summed E-state index contributed by atoms with van der Waals surface area (Å²) in [6, 6.07) is 11.1. The lowest BCUT2D eigenvalue weighted by Crippen LogP contribution is -2.41. The Morgan fingerprint density at radius 1 is 1.05 bits per heavy atom. The van der Waals surface area contributed by atoms with Crippen molar-refractivity contribution >= 4 is 11.6 Å². The van der Waals surface area contributed by atoms with Crippen LogP contribution in [0.5, 0.6) is 0 Å². The van der Waals surface area contributed by atoms with Gasteiger partial charge in [-0.3, -0.25) is 0 Å². The molecule has 1 atom stereocenters. The molecule has 0 aliphatic rings. The highest BCUT2D eigenvalue weighted by Crippen LogP contribution is 2.21. The minimum absolute atomic E-state index is 0.0848. The van der Waals surface area contributed by atoms with Gasteiger partial charge in [0.15, 0.2) is 0 Å². The number of nitrogens with two attached hydrogens (primary N) is 1. The van der Waals surface area contributed by atoms with Gasteiger partial charge >= 0.3 is 0 Å². The predicted molar refractivity (Wildman–Crippen MR) is 77.8 cm³/mol. The van der Waals surface area contributed by atoms with Crippen molar-refractivity contribution < 1.29 is 8.78 Å². The molecular weight excluding hydrogens is 280 g/mol. The maximum atomic E-state index is 13.6. The molecule has 0 heterocycles. The van der Waals surface area contributed by atoms with E-state index in [1.807, 2.05) is 6.92 Å². The maximum absolute atomic E-state index is 13.6. The normalized spacial score (nSPS) is 14.1. The third-order valence-electron chi connectivity index (χ3n) is 3.14. The summed E-state index contributed by atoms with van der Waals surface area (Å²) in [6.45, 7) is 1.83. The van der Waals surface area contributed by atoms with Crippen molar-refractivity contribution in [1.29, 1.82) is 0 Å². The molecule has 2 aromatic carbocycles. The van der Waals surface area contributed by atoms with E-state index in [4.69, 9.17) is 17.3 Å². The van der Waals surface area contributed by atoms with Crippen molar-refractivity contribution in [2.24, 2.45) is 5.73 Å². The van der Waals surface area contributed by atoms with E-state index < -0.39 is 11.4 Å². The van der Waals surface area contributed by atoms with E-state index in [0.717, 1.165) is 5.56 Å². The first-order chi connectivity index (χ1) is 9.37. The molecule has 0 aromatic heterocycles. The van der Waals surface area contributed by atoms with Gasteiger partial charge in [0, 0.05) is 5.54 Å². The van der Waals surface area contributed by atoms with Gasteiger partial charge in [-0.15, -0.1) is 0 Å². The third-order valence-corrected chi connectivity index (χ3v) is 3.45. The first kappa shape index (κ1) is 14.9. The third kappa shape index (κ3) is 3.78. The van der Waals surface area contributed by atoms with Crippen molar-refractivity contribution in [2.45, 2.75) is 25.3 Å². The molecule has 0 fully saturated rings. The van der Waals surface area contributed by atoms with Gasteiger partial charge in [0.05, 0.1) is 5.02 Å². The molecule has 0 aliphatic heterocycles. The molecule has 2 aromatic rings. The highest BCUT2D eigenvalue weighted by atomic mass is 35.5. The monoisotopic (exact) mass is 295 g/mol. The predicted octanol–water partition coefficient (Wildman–Crippen LogP) is 4.12. The molecule has 0 aliphatic carbocycles. The second kappa shape index (κ2) is 5.90. The highest BCUT2D eigenvalue weighted by Gasteiger charge is 2.21. The van der Waals surface area contributed by atoms with Gasteiger partial charge in [-0.2, -0.15) is 0 Å². The van der Waals surface area contributed by atoms with Crippen LogP contribution in [0.2, 0.25) is 5.02 Å². The number of halogens is 3. The first-order valence-corrected chi connectivity index (χ1v) is 6.71. The van der Waals surface area contributed by atoms with Crippen LogP contribution >= 0.6 is 11.6 Å². The Morgan fingerprint density at radius 3 is 2.40 bits per heavy atom. The van der Waals surface area contributed by atoms with E-state index in [-0.39, 0.29) is 10.8 Å². The van der Waals surface area contributed by atoms with Gasteiger partial charge in [0.1, 0.15) is 11.6 Å². The molecule has 20 heavy (non-hydrogen) atoms. The van der Waals surface area contributed by atoms with Crippen LogP contribution in [0.4, 0.5) is 8.78 Å². The summed E-state index contributed by atoms with van der Waals surface area (Å²) in [6.07, 6.45) is 0.819. The minimum Gasteiger partial charge on any atom is -0.325 e. The van der Waals surface area contributed by atoms with Crippen molar-refractivity contribution in [3.8, 4) is 0 Å². The van der Waals surface area contributed by atoms with Gasteiger partial charge in [-0.05, 0) is 49.1 Å². The van der Waals surface area contributed by atoms with E-state index in [2.05, 4.69) is 0 Å². The smallest absolute Gasteiger partial charge is 0.142 e. The zero-order valence-corrected chi connectivity index (χ0v) is 11.9. The summed E-state index contributed by atoms with van der Waals surface area (Å²) in [5, 5.41) is 0.0848. The van der Waals surface area contributed by atoms with Gasteiger partial charge in [-0.1, -0.05) is 35.9 Å². The van der Waals surface area contributed by atoms with Crippen LogP contribution in [0.15, 0.2) is 42.5 Å². The second-order valence-electron chi connectivity index (χ2n) is 5.35. The fraction of sp³-hybridized carbons (Fsp3) is 0.250. The molecule has 2 rings (SSSR count). The van der Waals surface area contributed by atoms with Gasteiger partial charge in [-0.25, -0.2) is 8.78 Å².